The molecule has 15 heavy (non-hydrogen) atoms. The first-order valence-electron chi connectivity index (χ1n) is 3.74. The summed E-state index contributed by atoms with van der Waals surface area (Å²) in [7, 11) is 0. The molecular weight excluding hydrogens is 295 g/mol. The zero-order valence-corrected chi connectivity index (χ0v) is 9.52. The van der Waals surface area contributed by atoms with Crippen molar-refractivity contribution >= 4 is 33.5 Å². The number of aromatic carboxylic acids is 1. The highest BCUT2D eigenvalue weighted by Crippen LogP contribution is 2.26. The summed E-state index contributed by atoms with van der Waals surface area (Å²) in [6.07, 6.45) is -2.94. The van der Waals surface area contributed by atoms with Crippen LogP contribution in [0.15, 0.2) is 10.5 Å². The molecule has 1 aromatic rings. The molecule has 0 bridgehead atoms. The van der Waals surface area contributed by atoms with Gasteiger partial charge in [-0.3, -0.25) is 0 Å². The highest BCUT2D eigenvalue weighted by atomic mass is 79.9. The summed E-state index contributed by atoms with van der Waals surface area (Å²) >= 11 is 8.46. The van der Waals surface area contributed by atoms with E-state index in [0.29, 0.717) is 4.47 Å². The Hall–Kier alpha value is -0.750. The quantitative estimate of drug-likeness (QED) is 0.872. The lowest BCUT2D eigenvalue weighted by atomic mass is 10.2. The van der Waals surface area contributed by atoms with Gasteiger partial charge >= 0.3 is 5.97 Å². The van der Waals surface area contributed by atoms with Gasteiger partial charge in [0.25, 0.3) is 6.43 Å². The molecule has 0 aromatic carbocycles. The van der Waals surface area contributed by atoms with Crippen molar-refractivity contribution in [3.63, 3.8) is 0 Å². The minimum absolute atomic E-state index is 0.0692. The molecule has 7 heteroatoms. The lowest BCUT2D eigenvalue weighted by Gasteiger charge is -2.07. The molecule has 0 amide bonds. The standard InChI is InChI=1S/C8H5BrClF2NO2/c9-4-1-3(8(14)15)6(7(11)12)13-5(4)2-10/h1,7H,2H2,(H,14,15). The highest BCUT2D eigenvalue weighted by molar-refractivity contribution is 9.10. The van der Waals surface area contributed by atoms with Crippen LogP contribution in [0.2, 0.25) is 0 Å². The Morgan fingerprint density at radius 2 is 2.27 bits per heavy atom. The van der Waals surface area contributed by atoms with Gasteiger partial charge < -0.3 is 5.11 Å². The topological polar surface area (TPSA) is 50.2 Å². The van der Waals surface area contributed by atoms with Gasteiger partial charge in [0.15, 0.2) is 0 Å². The second kappa shape index (κ2) is 4.85. The summed E-state index contributed by atoms with van der Waals surface area (Å²) < 4.78 is 25.2. The van der Waals surface area contributed by atoms with Gasteiger partial charge in [-0.25, -0.2) is 18.6 Å². The molecule has 0 saturated carbocycles. The number of aromatic nitrogens is 1. The predicted octanol–water partition coefficient (Wildman–Crippen LogP) is 3.22. The number of carbonyl (C=O) groups is 1. The number of hydrogen-bond acceptors (Lipinski definition) is 2. The van der Waals surface area contributed by atoms with Crippen LogP contribution < -0.4 is 0 Å². The first kappa shape index (κ1) is 12.3. The van der Waals surface area contributed by atoms with E-state index in [0.717, 1.165) is 6.07 Å². The van der Waals surface area contributed by atoms with Crippen molar-refractivity contribution in [1.29, 1.82) is 0 Å². The fraction of sp³-hybridized carbons (Fsp3) is 0.250. The van der Waals surface area contributed by atoms with E-state index in [2.05, 4.69) is 20.9 Å². The first-order chi connectivity index (χ1) is 6.97. The van der Waals surface area contributed by atoms with E-state index in [4.69, 9.17) is 16.7 Å². The van der Waals surface area contributed by atoms with Gasteiger partial charge in [0.1, 0.15) is 5.69 Å². The van der Waals surface area contributed by atoms with Gasteiger partial charge in [-0.15, -0.1) is 11.6 Å². The third kappa shape index (κ3) is 2.63. The van der Waals surface area contributed by atoms with Crippen molar-refractivity contribution in [2.75, 3.05) is 0 Å². The van der Waals surface area contributed by atoms with Crippen LogP contribution in [0, 0.1) is 0 Å². The monoisotopic (exact) mass is 299 g/mol. The molecule has 0 spiro atoms. The molecule has 0 aliphatic heterocycles. The van der Waals surface area contributed by atoms with Crippen LogP contribution >= 0.6 is 27.5 Å². The molecule has 0 radical (unpaired) electrons. The molecule has 0 saturated heterocycles. The molecule has 0 atom stereocenters. The van der Waals surface area contributed by atoms with Crippen LogP contribution in [-0.4, -0.2) is 16.1 Å². The van der Waals surface area contributed by atoms with Gasteiger partial charge in [0.05, 0.1) is 17.1 Å². The third-order valence-corrected chi connectivity index (χ3v) is 2.58. The molecular formula is C8H5BrClF2NO2. The van der Waals surface area contributed by atoms with E-state index < -0.39 is 23.7 Å². The summed E-state index contributed by atoms with van der Waals surface area (Å²) in [4.78, 5) is 14.2. The fourth-order valence-electron chi connectivity index (χ4n) is 0.974. The Kier molecular flexibility index (Phi) is 3.98. The van der Waals surface area contributed by atoms with Gasteiger partial charge in [-0.05, 0) is 22.0 Å². The van der Waals surface area contributed by atoms with E-state index in [1.807, 2.05) is 0 Å². The van der Waals surface area contributed by atoms with Crippen molar-refractivity contribution in [3.05, 3.63) is 27.5 Å². The number of hydrogen-bond donors (Lipinski definition) is 1. The van der Waals surface area contributed by atoms with E-state index in [1.54, 1.807) is 0 Å². The van der Waals surface area contributed by atoms with Crippen molar-refractivity contribution in [2.24, 2.45) is 0 Å². The Morgan fingerprint density at radius 3 is 2.67 bits per heavy atom. The maximum absolute atomic E-state index is 12.5. The maximum Gasteiger partial charge on any atom is 0.337 e. The first-order valence-corrected chi connectivity index (χ1v) is 5.06. The zero-order chi connectivity index (χ0) is 11.6. The van der Waals surface area contributed by atoms with E-state index >= 15 is 0 Å². The van der Waals surface area contributed by atoms with Crippen LogP contribution in [0.3, 0.4) is 0 Å². The number of pyridine rings is 1. The molecule has 1 aromatic heterocycles. The van der Waals surface area contributed by atoms with Crippen LogP contribution in [0.1, 0.15) is 28.2 Å². The molecule has 0 unspecified atom stereocenters. The number of halogens is 4. The average Bonchev–Trinajstić information content (AvgIpc) is 2.16. The Bertz CT molecular complexity index is 400. The Balaban J connectivity index is 3.38. The number of alkyl halides is 3. The van der Waals surface area contributed by atoms with Gasteiger partial charge in [-0.2, -0.15) is 0 Å². The summed E-state index contributed by atoms with van der Waals surface area (Å²) in [5, 5.41) is 8.68. The molecule has 82 valence electrons. The van der Waals surface area contributed by atoms with Crippen LogP contribution in [0.4, 0.5) is 8.78 Å². The third-order valence-electron chi connectivity index (χ3n) is 1.64. The summed E-state index contributed by atoms with van der Waals surface area (Å²) in [6.45, 7) is 0. The second-order valence-electron chi connectivity index (χ2n) is 2.59. The van der Waals surface area contributed by atoms with Gasteiger partial charge in [0.2, 0.25) is 0 Å². The van der Waals surface area contributed by atoms with Gasteiger partial charge in [-0.1, -0.05) is 0 Å². The summed E-state index contributed by atoms with van der Waals surface area (Å²) in [5.74, 6) is -1.51. The van der Waals surface area contributed by atoms with E-state index in [9.17, 15) is 13.6 Å². The summed E-state index contributed by atoms with van der Waals surface area (Å²) in [5.41, 5.74) is -1.09. The second-order valence-corrected chi connectivity index (χ2v) is 3.71. The molecule has 0 fully saturated rings. The maximum atomic E-state index is 12.5. The lowest BCUT2D eigenvalue weighted by molar-refractivity contribution is 0.0682. The van der Waals surface area contributed by atoms with Crippen molar-refractivity contribution in [1.82, 2.24) is 4.98 Å². The zero-order valence-electron chi connectivity index (χ0n) is 7.18. The highest BCUT2D eigenvalue weighted by Gasteiger charge is 2.21. The number of rotatable bonds is 3. The van der Waals surface area contributed by atoms with Crippen LogP contribution in [-0.2, 0) is 5.88 Å². The molecule has 1 heterocycles. The summed E-state index contributed by atoms with van der Waals surface area (Å²) in [6, 6.07) is 1.08. The van der Waals surface area contributed by atoms with Crippen LogP contribution in [0.5, 0.6) is 0 Å². The van der Waals surface area contributed by atoms with Gasteiger partial charge in [0, 0.05) is 4.47 Å². The SMILES string of the molecule is O=C(O)c1cc(Br)c(CCl)nc1C(F)F. The normalized spacial score (nSPS) is 10.7. The molecule has 1 N–H and O–H groups in total. The number of nitrogens with zero attached hydrogens (tertiary/aromatic N) is 1. The Labute approximate surface area is 97.2 Å². The average molecular weight is 300 g/mol. The van der Waals surface area contributed by atoms with Crippen LogP contribution in [0.25, 0.3) is 0 Å². The minimum Gasteiger partial charge on any atom is -0.478 e. The van der Waals surface area contributed by atoms with Crippen molar-refractivity contribution < 1.29 is 18.7 Å². The molecule has 1 rings (SSSR count). The number of carboxylic acid groups (broad SMARTS) is 1. The Morgan fingerprint density at radius 1 is 1.67 bits per heavy atom. The fourth-order valence-corrected chi connectivity index (χ4v) is 1.80. The lowest BCUT2D eigenvalue weighted by Crippen LogP contribution is -2.07. The van der Waals surface area contributed by atoms with E-state index in [-0.39, 0.29) is 11.6 Å². The number of carboxylic acids is 1. The van der Waals surface area contributed by atoms with E-state index in [1.165, 1.54) is 0 Å². The molecule has 3 nitrogen and oxygen atoms in total. The largest absolute Gasteiger partial charge is 0.478 e. The van der Waals surface area contributed by atoms with Crippen molar-refractivity contribution in [3.8, 4) is 0 Å². The predicted molar refractivity (Wildman–Crippen MR) is 53.4 cm³/mol. The molecule has 0 aliphatic carbocycles. The smallest absolute Gasteiger partial charge is 0.337 e. The van der Waals surface area contributed by atoms with Crippen molar-refractivity contribution in [2.45, 2.75) is 12.3 Å². The molecule has 0 aliphatic rings. The minimum atomic E-state index is -2.94.